The van der Waals surface area contributed by atoms with Gasteiger partial charge in [0.1, 0.15) is 11.6 Å². The Hall–Kier alpha value is -0.670. The van der Waals surface area contributed by atoms with Crippen LogP contribution in [0.15, 0.2) is 6.07 Å². The van der Waals surface area contributed by atoms with Crippen LogP contribution in [-0.4, -0.2) is 24.6 Å². The minimum Gasteiger partial charge on any atom is -0.369 e. The predicted molar refractivity (Wildman–Crippen MR) is 81.1 cm³/mol. The van der Waals surface area contributed by atoms with Gasteiger partial charge in [0.15, 0.2) is 0 Å². The van der Waals surface area contributed by atoms with Crippen molar-refractivity contribution in [3.8, 4) is 0 Å². The van der Waals surface area contributed by atoms with E-state index in [4.69, 9.17) is 23.2 Å². The minimum atomic E-state index is 0.557. The molecule has 102 valence electrons. The number of nitrogens with zero attached hydrogens (tertiary/aromatic N) is 2. The van der Waals surface area contributed by atoms with E-state index in [1.807, 2.05) is 6.92 Å². The van der Waals surface area contributed by atoms with Crippen LogP contribution in [0.4, 0.5) is 11.6 Å². The number of nitrogens with one attached hydrogen (secondary N) is 1. The summed E-state index contributed by atoms with van der Waals surface area (Å²) in [4.78, 5) is 6.71. The summed E-state index contributed by atoms with van der Waals surface area (Å²) in [5.74, 6) is 2.05. The van der Waals surface area contributed by atoms with Crippen molar-refractivity contribution in [1.82, 2.24) is 4.98 Å². The molecular formula is C13H21Cl2N3. The number of aromatic nitrogens is 1. The average molecular weight is 290 g/mol. The van der Waals surface area contributed by atoms with Gasteiger partial charge in [-0.15, -0.1) is 0 Å². The van der Waals surface area contributed by atoms with Crippen molar-refractivity contribution >= 4 is 34.8 Å². The standard InChI is InChI=1S/C13H21Cl2N3/c1-5-16-12-10(14)7-11(15)13(17-12)18(6-2)8-9(3)4/h7,9H,5-6,8H2,1-4H3,(H,16,17). The molecule has 1 N–H and O–H groups in total. The van der Waals surface area contributed by atoms with Gasteiger partial charge in [-0.1, -0.05) is 37.0 Å². The third-order valence-electron chi connectivity index (χ3n) is 2.52. The number of hydrogen-bond acceptors (Lipinski definition) is 3. The summed E-state index contributed by atoms with van der Waals surface area (Å²) < 4.78 is 0. The van der Waals surface area contributed by atoms with E-state index < -0.39 is 0 Å². The Labute approximate surface area is 119 Å². The zero-order chi connectivity index (χ0) is 13.7. The number of rotatable bonds is 6. The van der Waals surface area contributed by atoms with Crippen LogP contribution >= 0.6 is 23.2 Å². The minimum absolute atomic E-state index is 0.557. The number of pyridine rings is 1. The molecule has 3 nitrogen and oxygen atoms in total. The molecule has 0 aromatic carbocycles. The number of halogens is 2. The Kier molecular flexibility index (Phi) is 6.03. The van der Waals surface area contributed by atoms with Crippen molar-refractivity contribution < 1.29 is 0 Å². The summed E-state index contributed by atoms with van der Waals surface area (Å²) in [6.07, 6.45) is 0. The lowest BCUT2D eigenvalue weighted by atomic mass is 10.2. The maximum absolute atomic E-state index is 6.24. The second-order valence-corrected chi connectivity index (χ2v) is 5.40. The third kappa shape index (κ3) is 3.92. The van der Waals surface area contributed by atoms with E-state index in [0.29, 0.717) is 21.8 Å². The second-order valence-electron chi connectivity index (χ2n) is 4.59. The number of anilines is 2. The highest BCUT2D eigenvalue weighted by Gasteiger charge is 2.15. The Morgan fingerprint density at radius 1 is 1.28 bits per heavy atom. The van der Waals surface area contributed by atoms with Gasteiger partial charge in [-0.3, -0.25) is 0 Å². The summed E-state index contributed by atoms with van der Waals surface area (Å²) in [7, 11) is 0. The Morgan fingerprint density at radius 2 is 1.94 bits per heavy atom. The third-order valence-corrected chi connectivity index (χ3v) is 3.09. The molecule has 0 amide bonds. The summed E-state index contributed by atoms with van der Waals surface area (Å²) in [5, 5.41) is 4.31. The highest BCUT2D eigenvalue weighted by atomic mass is 35.5. The van der Waals surface area contributed by atoms with Crippen LogP contribution in [-0.2, 0) is 0 Å². The van der Waals surface area contributed by atoms with Crippen LogP contribution in [0.1, 0.15) is 27.7 Å². The fourth-order valence-electron chi connectivity index (χ4n) is 1.78. The van der Waals surface area contributed by atoms with E-state index in [9.17, 15) is 0 Å². The van der Waals surface area contributed by atoms with Crippen LogP contribution in [0.5, 0.6) is 0 Å². The molecule has 1 rings (SSSR count). The van der Waals surface area contributed by atoms with Gasteiger partial charge >= 0.3 is 0 Å². The van der Waals surface area contributed by atoms with E-state index in [0.717, 1.165) is 25.5 Å². The quantitative estimate of drug-likeness (QED) is 0.846. The van der Waals surface area contributed by atoms with Gasteiger partial charge in [0.05, 0.1) is 10.0 Å². The molecule has 0 fully saturated rings. The number of hydrogen-bond donors (Lipinski definition) is 1. The van der Waals surface area contributed by atoms with Gasteiger partial charge in [-0.05, 0) is 25.8 Å². The molecule has 0 saturated heterocycles. The van der Waals surface area contributed by atoms with Gasteiger partial charge < -0.3 is 10.2 Å². The van der Waals surface area contributed by atoms with Crippen molar-refractivity contribution in [3.05, 3.63) is 16.1 Å². The van der Waals surface area contributed by atoms with E-state index in [-0.39, 0.29) is 0 Å². The molecule has 0 radical (unpaired) electrons. The van der Waals surface area contributed by atoms with Crippen molar-refractivity contribution in [2.24, 2.45) is 5.92 Å². The summed E-state index contributed by atoms with van der Waals surface area (Å²) in [5.41, 5.74) is 0. The highest BCUT2D eigenvalue weighted by Crippen LogP contribution is 2.31. The second kappa shape index (κ2) is 7.05. The van der Waals surface area contributed by atoms with Crippen LogP contribution in [0.25, 0.3) is 0 Å². The maximum atomic E-state index is 6.24. The zero-order valence-corrected chi connectivity index (χ0v) is 12.9. The molecule has 0 aliphatic rings. The van der Waals surface area contributed by atoms with Crippen LogP contribution in [0.3, 0.4) is 0 Å². The molecule has 1 aromatic rings. The molecule has 0 unspecified atom stereocenters. The summed E-state index contributed by atoms with van der Waals surface area (Å²) in [6.45, 7) is 11.0. The first kappa shape index (κ1) is 15.4. The average Bonchev–Trinajstić information content (AvgIpc) is 2.30. The van der Waals surface area contributed by atoms with E-state index in [1.54, 1.807) is 6.07 Å². The molecule has 18 heavy (non-hydrogen) atoms. The fraction of sp³-hybridized carbons (Fsp3) is 0.615. The van der Waals surface area contributed by atoms with E-state index in [2.05, 4.69) is 36.0 Å². The van der Waals surface area contributed by atoms with Gasteiger partial charge in [-0.2, -0.15) is 0 Å². The van der Waals surface area contributed by atoms with Gasteiger partial charge in [0.2, 0.25) is 0 Å². The van der Waals surface area contributed by atoms with Crippen molar-refractivity contribution in [3.63, 3.8) is 0 Å². The highest BCUT2D eigenvalue weighted by molar-refractivity contribution is 6.37. The van der Waals surface area contributed by atoms with E-state index >= 15 is 0 Å². The Bertz CT molecular complexity index is 394. The normalized spacial score (nSPS) is 10.8. The zero-order valence-electron chi connectivity index (χ0n) is 11.4. The molecule has 0 aliphatic heterocycles. The van der Waals surface area contributed by atoms with Crippen molar-refractivity contribution in [2.75, 3.05) is 29.9 Å². The Balaban J connectivity index is 3.08. The smallest absolute Gasteiger partial charge is 0.149 e. The molecule has 5 heteroatoms. The lowest BCUT2D eigenvalue weighted by molar-refractivity contribution is 0.614. The van der Waals surface area contributed by atoms with Gasteiger partial charge in [0.25, 0.3) is 0 Å². The fourth-order valence-corrected chi connectivity index (χ4v) is 2.32. The summed E-state index contributed by atoms with van der Waals surface area (Å²) >= 11 is 12.3. The molecule has 1 heterocycles. The monoisotopic (exact) mass is 289 g/mol. The molecular weight excluding hydrogens is 269 g/mol. The van der Waals surface area contributed by atoms with Gasteiger partial charge in [-0.25, -0.2) is 4.98 Å². The van der Waals surface area contributed by atoms with Gasteiger partial charge in [0, 0.05) is 19.6 Å². The molecule has 1 aromatic heterocycles. The largest absolute Gasteiger partial charge is 0.369 e. The SMILES string of the molecule is CCNc1nc(N(CC)CC(C)C)c(Cl)cc1Cl. The molecule has 0 saturated carbocycles. The lowest BCUT2D eigenvalue weighted by Gasteiger charge is -2.25. The maximum Gasteiger partial charge on any atom is 0.149 e. The molecule has 0 aliphatic carbocycles. The first-order chi connectivity index (χ1) is 8.49. The van der Waals surface area contributed by atoms with E-state index in [1.165, 1.54) is 0 Å². The van der Waals surface area contributed by atoms with Crippen LogP contribution in [0, 0.1) is 5.92 Å². The lowest BCUT2D eigenvalue weighted by Crippen LogP contribution is -2.28. The van der Waals surface area contributed by atoms with Crippen LogP contribution < -0.4 is 10.2 Å². The molecule has 0 spiro atoms. The first-order valence-corrected chi connectivity index (χ1v) is 7.10. The molecule has 0 atom stereocenters. The Morgan fingerprint density at radius 3 is 2.44 bits per heavy atom. The topological polar surface area (TPSA) is 28.2 Å². The van der Waals surface area contributed by atoms with Crippen molar-refractivity contribution in [2.45, 2.75) is 27.7 Å². The predicted octanol–water partition coefficient (Wildman–Crippen LogP) is 4.30. The van der Waals surface area contributed by atoms with Crippen LogP contribution in [0.2, 0.25) is 10.0 Å². The van der Waals surface area contributed by atoms with Crippen molar-refractivity contribution in [1.29, 1.82) is 0 Å². The summed E-state index contributed by atoms with van der Waals surface area (Å²) in [6, 6.07) is 1.76. The first-order valence-electron chi connectivity index (χ1n) is 6.34. The molecule has 0 bridgehead atoms.